The lowest BCUT2D eigenvalue weighted by molar-refractivity contribution is 0.0947. The Bertz CT molecular complexity index is 978. The summed E-state index contributed by atoms with van der Waals surface area (Å²) >= 11 is 0. The van der Waals surface area contributed by atoms with Gasteiger partial charge in [0.1, 0.15) is 17.8 Å². The van der Waals surface area contributed by atoms with E-state index in [2.05, 4.69) is 42.1 Å². The van der Waals surface area contributed by atoms with Crippen LogP contribution in [0.2, 0.25) is 0 Å². The molecule has 1 heterocycles. The van der Waals surface area contributed by atoms with Gasteiger partial charge in [0.15, 0.2) is 0 Å². The summed E-state index contributed by atoms with van der Waals surface area (Å²) in [6.45, 7) is 8.57. The molecule has 0 saturated carbocycles. The highest BCUT2D eigenvalue weighted by Crippen LogP contribution is 2.35. The summed E-state index contributed by atoms with van der Waals surface area (Å²) in [6.07, 6.45) is 14.7. The molecule has 0 atom stereocenters. The monoisotopic (exact) mass is 451 g/mol. The predicted molar refractivity (Wildman–Crippen MR) is 132 cm³/mol. The number of rotatable bonds is 12. The molecule has 0 aliphatic heterocycles. The minimum absolute atomic E-state index is 0.0281. The van der Waals surface area contributed by atoms with Crippen LogP contribution in [0.25, 0.3) is 0 Å². The van der Waals surface area contributed by atoms with Crippen molar-refractivity contribution in [3.63, 3.8) is 0 Å². The molecule has 0 aliphatic rings. The van der Waals surface area contributed by atoms with E-state index in [0.29, 0.717) is 24.0 Å². The van der Waals surface area contributed by atoms with Crippen molar-refractivity contribution in [1.29, 1.82) is 0 Å². The van der Waals surface area contributed by atoms with E-state index in [1.54, 1.807) is 18.5 Å². The third kappa shape index (κ3) is 8.37. The number of amides is 1. The molecule has 1 aromatic heterocycles. The van der Waals surface area contributed by atoms with E-state index in [0.717, 1.165) is 37.7 Å². The molecular formula is C27H37N3O3. The maximum atomic E-state index is 13.1. The number of carbonyl (C=O) groups is 1. The Kier molecular flexibility index (Phi) is 10.6. The van der Waals surface area contributed by atoms with Gasteiger partial charge in [-0.15, -0.1) is 0 Å². The van der Waals surface area contributed by atoms with Gasteiger partial charge in [-0.25, -0.2) is 9.97 Å². The second kappa shape index (κ2) is 13.4. The number of hydrogen-bond donors (Lipinski definition) is 3. The Hall–Kier alpha value is -3.15. The number of unbranched alkanes of at least 4 members (excludes halogenated alkanes) is 2. The van der Waals surface area contributed by atoms with Crippen LogP contribution in [0.3, 0.4) is 0 Å². The Balaban J connectivity index is 2.28. The Labute approximate surface area is 197 Å². The summed E-state index contributed by atoms with van der Waals surface area (Å²) in [6, 6.07) is 1.64. The van der Waals surface area contributed by atoms with E-state index in [4.69, 9.17) is 0 Å². The van der Waals surface area contributed by atoms with Crippen LogP contribution in [0.15, 0.2) is 48.1 Å². The number of aryl methyl sites for hydroxylation is 1. The molecule has 6 heteroatoms. The van der Waals surface area contributed by atoms with Crippen LogP contribution in [0.1, 0.15) is 86.8 Å². The average molecular weight is 452 g/mol. The molecular weight excluding hydrogens is 414 g/mol. The van der Waals surface area contributed by atoms with Crippen molar-refractivity contribution >= 4 is 5.91 Å². The summed E-state index contributed by atoms with van der Waals surface area (Å²) in [4.78, 5) is 21.0. The highest BCUT2D eigenvalue weighted by molar-refractivity contribution is 5.99. The highest BCUT2D eigenvalue weighted by atomic mass is 16.3. The number of aromatic nitrogens is 2. The largest absolute Gasteiger partial charge is 0.508 e. The van der Waals surface area contributed by atoms with Gasteiger partial charge in [0.25, 0.3) is 5.91 Å². The van der Waals surface area contributed by atoms with E-state index < -0.39 is 0 Å². The number of benzene rings is 1. The summed E-state index contributed by atoms with van der Waals surface area (Å²) in [5.41, 5.74) is 4.51. The van der Waals surface area contributed by atoms with Crippen molar-refractivity contribution in [2.45, 2.75) is 79.2 Å². The average Bonchev–Trinajstić information content (AvgIpc) is 2.78. The molecule has 0 spiro atoms. The van der Waals surface area contributed by atoms with Gasteiger partial charge in [-0.1, -0.05) is 43.1 Å². The zero-order chi connectivity index (χ0) is 24.2. The van der Waals surface area contributed by atoms with Crippen molar-refractivity contribution in [2.24, 2.45) is 0 Å². The molecule has 178 valence electrons. The van der Waals surface area contributed by atoms with Crippen LogP contribution in [0.5, 0.6) is 11.5 Å². The molecule has 2 rings (SSSR count). The summed E-state index contributed by atoms with van der Waals surface area (Å²) in [5.74, 6) is -0.481. The Morgan fingerprint density at radius 1 is 1.09 bits per heavy atom. The summed E-state index contributed by atoms with van der Waals surface area (Å²) in [7, 11) is 0. The third-order valence-electron chi connectivity index (χ3n) is 5.55. The SMILES string of the molecule is CCCCCc1cc(O)c(CC=C(C)CCC=C(C)C)c(O)c1C(=O)NCc1cncnc1. The van der Waals surface area contributed by atoms with Crippen molar-refractivity contribution in [2.75, 3.05) is 0 Å². The van der Waals surface area contributed by atoms with E-state index in [9.17, 15) is 15.0 Å². The lowest BCUT2D eigenvalue weighted by atomic mass is 9.94. The maximum Gasteiger partial charge on any atom is 0.255 e. The molecule has 33 heavy (non-hydrogen) atoms. The molecule has 1 amide bonds. The zero-order valence-electron chi connectivity index (χ0n) is 20.3. The molecule has 6 nitrogen and oxygen atoms in total. The Morgan fingerprint density at radius 3 is 2.48 bits per heavy atom. The molecule has 0 saturated heterocycles. The fourth-order valence-electron chi connectivity index (χ4n) is 3.62. The number of aromatic hydroxyl groups is 2. The van der Waals surface area contributed by atoms with Crippen molar-refractivity contribution in [3.05, 3.63) is 70.3 Å². The first kappa shape index (κ1) is 26.1. The van der Waals surface area contributed by atoms with Crippen LogP contribution in [0, 0.1) is 0 Å². The maximum absolute atomic E-state index is 13.1. The van der Waals surface area contributed by atoms with Gasteiger partial charge in [-0.2, -0.15) is 0 Å². The van der Waals surface area contributed by atoms with E-state index >= 15 is 0 Å². The third-order valence-corrected chi connectivity index (χ3v) is 5.55. The normalized spacial score (nSPS) is 11.3. The number of nitrogens with zero attached hydrogens (tertiary/aromatic N) is 2. The second-order valence-electron chi connectivity index (χ2n) is 8.72. The quantitative estimate of drug-likeness (QED) is 0.281. The highest BCUT2D eigenvalue weighted by Gasteiger charge is 2.22. The standard InChI is InChI=1S/C27H37N3O3/c1-5-6-7-11-22-14-24(31)23(13-12-20(4)10-8-9-19(2)3)26(32)25(22)27(33)30-17-21-15-28-18-29-16-21/h9,12,14-16,18,31-32H,5-8,10-11,13,17H2,1-4H3,(H,30,33). The fourth-order valence-corrected chi connectivity index (χ4v) is 3.62. The predicted octanol–water partition coefficient (Wildman–Crippen LogP) is 5.79. The van der Waals surface area contributed by atoms with Gasteiger partial charge in [0, 0.05) is 30.1 Å². The minimum atomic E-state index is -0.367. The summed E-state index contributed by atoms with van der Waals surface area (Å²) < 4.78 is 0. The fraction of sp³-hybridized carbons (Fsp3) is 0.444. The van der Waals surface area contributed by atoms with Crippen LogP contribution in [-0.2, 0) is 19.4 Å². The molecule has 0 bridgehead atoms. The number of hydrogen-bond acceptors (Lipinski definition) is 5. The van der Waals surface area contributed by atoms with Gasteiger partial charge in [0.05, 0.1) is 5.56 Å². The van der Waals surface area contributed by atoms with Crippen LogP contribution >= 0.6 is 0 Å². The molecule has 0 unspecified atom stereocenters. The van der Waals surface area contributed by atoms with E-state index in [1.807, 2.05) is 13.0 Å². The lowest BCUT2D eigenvalue weighted by Gasteiger charge is -2.16. The topological polar surface area (TPSA) is 95.3 Å². The van der Waals surface area contributed by atoms with Gasteiger partial charge < -0.3 is 15.5 Å². The van der Waals surface area contributed by atoms with E-state index in [1.165, 1.54) is 17.5 Å². The van der Waals surface area contributed by atoms with Crippen LogP contribution in [0.4, 0.5) is 0 Å². The van der Waals surface area contributed by atoms with Crippen molar-refractivity contribution < 1.29 is 15.0 Å². The molecule has 2 aromatic rings. The van der Waals surface area contributed by atoms with Crippen LogP contribution < -0.4 is 5.32 Å². The van der Waals surface area contributed by atoms with Crippen LogP contribution in [-0.4, -0.2) is 26.1 Å². The first-order chi connectivity index (χ1) is 15.8. The number of phenolic OH excluding ortho intramolecular Hbond substituents is 2. The zero-order valence-corrected chi connectivity index (χ0v) is 20.3. The van der Waals surface area contributed by atoms with Gasteiger partial charge in [0.2, 0.25) is 0 Å². The molecule has 0 radical (unpaired) electrons. The van der Waals surface area contributed by atoms with Crippen molar-refractivity contribution in [1.82, 2.24) is 15.3 Å². The van der Waals surface area contributed by atoms with E-state index in [-0.39, 0.29) is 29.5 Å². The first-order valence-corrected chi connectivity index (χ1v) is 11.7. The smallest absolute Gasteiger partial charge is 0.255 e. The molecule has 3 N–H and O–H groups in total. The molecule has 0 aliphatic carbocycles. The summed E-state index contributed by atoms with van der Waals surface area (Å²) in [5, 5.41) is 24.6. The van der Waals surface area contributed by atoms with Gasteiger partial charge >= 0.3 is 0 Å². The van der Waals surface area contributed by atoms with Crippen molar-refractivity contribution in [3.8, 4) is 11.5 Å². The van der Waals surface area contributed by atoms with Gasteiger partial charge in [-0.05, 0) is 64.5 Å². The molecule has 1 aromatic carbocycles. The molecule has 0 fully saturated rings. The minimum Gasteiger partial charge on any atom is -0.508 e. The Morgan fingerprint density at radius 2 is 1.82 bits per heavy atom. The van der Waals surface area contributed by atoms with Gasteiger partial charge in [-0.3, -0.25) is 4.79 Å². The number of phenols is 2. The number of nitrogens with one attached hydrogen (secondary N) is 1. The second-order valence-corrected chi connectivity index (χ2v) is 8.72. The number of allylic oxidation sites excluding steroid dienone is 4. The lowest BCUT2D eigenvalue weighted by Crippen LogP contribution is -2.24. The number of carbonyl (C=O) groups excluding carboxylic acids is 1. The first-order valence-electron chi connectivity index (χ1n) is 11.7.